The van der Waals surface area contributed by atoms with Gasteiger partial charge < -0.3 is 23.7 Å². The molecule has 0 aliphatic heterocycles. The molecule has 0 N–H and O–H groups in total. The molecular weight excluding hydrogens is 572 g/mol. The molecule has 0 atom stereocenters. The second-order valence-electron chi connectivity index (χ2n) is 11.2. The molecule has 0 saturated carbocycles. The fourth-order valence-electron chi connectivity index (χ4n) is 4.80. The molecule has 5 nitrogen and oxygen atoms in total. The highest BCUT2D eigenvalue weighted by Gasteiger charge is 2.17. The molecule has 0 unspecified atom stereocenters. The molecule has 0 heterocycles. The van der Waals surface area contributed by atoms with E-state index in [-0.39, 0.29) is 0 Å². The minimum Gasteiger partial charge on any atom is -0.497 e. The third-order valence-corrected chi connectivity index (χ3v) is 7.13. The molecular formula is C41H58O5. The van der Waals surface area contributed by atoms with E-state index in [9.17, 15) is 0 Å². The number of benzene rings is 2. The summed E-state index contributed by atoms with van der Waals surface area (Å²) in [6, 6.07) is 8.95. The Balaban J connectivity index is 2.61. The zero-order valence-corrected chi connectivity index (χ0v) is 29.2. The average Bonchev–Trinajstić information content (AvgIpc) is 3.05. The summed E-state index contributed by atoms with van der Waals surface area (Å²) in [4.78, 5) is 0. The number of ether oxygens (including phenoxy) is 5. The average molecular weight is 631 g/mol. The standard InChI is InChI=1S/C41H58O5/c1-7-13-19-20-36-27-34(28-37(31-42-21-14-8-2)40(36)45-24-17-11-5)26-35-29-38(32-43-22-15-9-3)41(46-25-18-12-6)39(30-35)33-44-23-16-10-4/h8,13-16,19,21-23,27-30H,2,7,9-12,17-18,20,24-26,31-33H2,1,3-6H3. The van der Waals surface area contributed by atoms with Crippen LogP contribution in [0.1, 0.15) is 113 Å². The lowest BCUT2D eigenvalue weighted by Gasteiger charge is -2.20. The Morgan fingerprint density at radius 3 is 1.48 bits per heavy atom. The van der Waals surface area contributed by atoms with Crippen molar-refractivity contribution in [3.8, 4) is 11.5 Å². The first kappa shape index (κ1) is 38.3. The summed E-state index contributed by atoms with van der Waals surface area (Å²) in [5, 5.41) is 0. The molecule has 2 aromatic rings. The van der Waals surface area contributed by atoms with Crippen molar-refractivity contribution in [3.05, 3.63) is 119 Å². The van der Waals surface area contributed by atoms with Crippen LogP contribution >= 0.6 is 0 Å². The van der Waals surface area contributed by atoms with Crippen molar-refractivity contribution < 1.29 is 23.7 Å². The fourth-order valence-corrected chi connectivity index (χ4v) is 4.80. The molecule has 0 aromatic heterocycles. The third kappa shape index (κ3) is 14.5. The van der Waals surface area contributed by atoms with Crippen LogP contribution in [-0.4, -0.2) is 13.2 Å². The lowest BCUT2D eigenvalue weighted by atomic mass is 9.95. The normalized spacial score (nSPS) is 11.7. The maximum Gasteiger partial charge on any atom is 0.132 e. The number of hydrogen-bond acceptors (Lipinski definition) is 5. The van der Waals surface area contributed by atoms with Crippen LogP contribution < -0.4 is 9.47 Å². The first-order valence-corrected chi connectivity index (χ1v) is 17.2. The molecule has 2 rings (SSSR count). The zero-order valence-electron chi connectivity index (χ0n) is 29.2. The van der Waals surface area contributed by atoms with Crippen LogP contribution in [0.3, 0.4) is 0 Å². The van der Waals surface area contributed by atoms with E-state index in [4.69, 9.17) is 23.7 Å². The summed E-state index contributed by atoms with van der Waals surface area (Å²) >= 11 is 0. The van der Waals surface area contributed by atoms with Gasteiger partial charge in [0, 0.05) is 16.7 Å². The van der Waals surface area contributed by atoms with E-state index in [1.807, 2.05) is 12.2 Å². The Labute approximate surface area is 279 Å². The van der Waals surface area contributed by atoms with Gasteiger partial charge in [0.05, 0.1) is 32.0 Å². The van der Waals surface area contributed by atoms with E-state index < -0.39 is 0 Å². The van der Waals surface area contributed by atoms with Gasteiger partial charge in [0.25, 0.3) is 0 Å². The predicted octanol–water partition coefficient (Wildman–Crippen LogP) is 11.2. The molecule has 0 fully saturated rings. The van der Waals surface area contributed by atoms with Crippen LogP contribution in [0.2, 0.25) is 0 Å². The van der Waals surface area contributed by atoms with E-state index in [0.717, 1.165) is 86.0 Å². The van der Waals surface area contributed by atoms with Gasteiger partial charge in [-0.2, -0.15) is 0 Å². The van der Waals surface area contributed by atoms with E-state index in [2.05, 4.69) is 77.6 Å². The van der Waals surface area contributed by atoms with Crippen molar-refractivity contribution in [3.63, 3.8) is 0 Å². The maximum absolute atomic E-state index is 6.41. The van der Waals surface area contributed by atoms with Gasteiger partial charge >= 0.3 is 0 Å². The van der Waals surface area contributed by atoms with Crippen LogP contribution in [-0.2, 0) is 46.9 Å². The van der Waals surface area contributed by atoms with Gasteiger partial charge in [-0.3, -0.25) is 0 Å². The first-order valence-electron chi connectivity index (χ1n) is 17.2. The number of hydrogen-bond donors (Lipinski definition) is 0. The topological polar surface area (TPSA) is 46.2 Å². The molecule has 5 heteroatoms. The molecule has 0 aliphatic rings. The Morgan fingerprint density at radius 1 is 0.565 bits per heavy atom. The molecule has 0 bridgehead atoms. The Bertz CT molecular complexity index is 1210. The van der Waals surface area contributed by atoms with E-state index in [0.29, 0.717) is 33.0 Å². The summed E-state index contributed by atoms with van der Waals surface area (Å²) in [5.41, 5.74) is 6.64. The summed E-state index contributed by atoms with van der Waals surface area (Å²) in [6.07, 6.45) is 25.8. The van der Waals surface area contributed by atoms with E-state index >= 15 is 0 Å². The summed E-state index contributed by atoms with van der Waals surface area (Å²) < 4.78 is 30.6. The highest BCUT2D eigenvalue weighted by atomic mass is 16.5. The highest BCUT2D eigenvalue weighted by molar-refractivity contribution is 5.49. The molecule has 0 saturated heterocycles. The van der Waals surface area contributed by atoms with Gasteiger partial charge in [-0.05, 0) is 85.9 Å². The van der Waals surface area contributed by atoms with Gasteiger partial charge in [-0.1, -0.05) is 90.5 Å². The van der Waals surface area contributed by atoms with Crippen LogP contribution in [0, 0.1) is 0 Å². The van der Waals surface area contributed by atoms with Crippen LogP contribution in [0.15, 0.2) is 86.1 Å². The Morgan fingerprint density at radius 2 is 1.02 bits per heavy atom. The molecule has 46 heavy (non-hydrogen) atoms. The minimum absolute atomic E-state index is 0.417. The van der Waals surface area contributed by atoms with Crippen molar-refractivity contribution >= 4 is 0 Å². The quantitative estimate of drug-likeness (QED) is 0.0473. The zero-order chi connectivity index (χ0) is 33.2. The van der Waals surface area contributed by atoms with Crippen molar-refractivity contribution in [2.24, 2.45) is 0 Å². The maximum atomic E-state index is 6.41. The number of allylic oxidation sites excluding steroid dienone is 6. The van der Waals surface area contributed by atoms with Crippen molar-refractivity contribution in [1.82, 2.24) is 0 Å². The molecule has 0 radical (unpaired) electrons. The van der Waals surface area contributed by atoms with Gasteiger partial charge in [-0.25, -0.2) is 0 Å². The van der Waals surface area contributed by atoms with Crippen molar-refractivity contribution in [1.29, 1.82) is 0 Å². The Hall–Kier alpha value is -3.86. The monoisotopic (exact) mass is 630 g/mol. The van der Waals surface area contributed by atoms with Crippen molar-refractivity contribution in [2.75, 3.05) is 13.2 Å². The molecule has 0 spiro atoms. The number of unbranched alkanes of at least 4 members (excludes halogenated alkanes) is 2. The Kier molecular flexibility index (Phi) is 20.3. The van der Waals surface area contributed by atoms with Gasteiger partial charge in [0.15, 0.2) is 0 Å². The highest BCUT2D eigenvalue weighted by Crippen LogP contribution is 2.33. The van der Waals surface area contributed by atoms with Gasteiger partial charge in [0.2, 0.25) is 0 Å². The second kappa shape index (κ2) is 24.4. The second-order valence-corrected chi connectivity index (χ2v) is 11.2. The van der Waals surface area contributed by atoms with Gasteiger partial charge in [0.1, 0.15) is 31.3 Å². The lowest BCUT2D eigenvalue weighted by molar-refractivity contribution is 0.213. The van der Waals surface area contributed by atoms with Gasteiger partial charge in [-0.15, -0.1) is 0 Å². The summed E-state index contributed by atoms with van der Waals surface area (Å²) in [7, 11) is 0. The summed E-state index contributed by atoms with van der Waals surface area (Å²) in [6.45, 7) is 17.1. The molecule has 252 valence electrons. The lowest BCUT2D eigenvalue weighted by Crippen LogP contribution is -2.07. The third-order valence-electron chi connectivity index (χ3n) is 7.13. The number of rotatable bonds is 25. The predicted molar refractivity (Wildman–Crippen MR) is 192 cm³/mol. The largest absolute Gasteiger partial charge is 0.497 e. The molecule has 0 amide bonds. The van der Waals surface area contributed by atoms with Crippen LogP contribution in [0.5, 0.6) is 11.5 Å². The van der Waals surface area contributed by atoms with Crippen molar-refractivity contribution in [2.45, 2.75) is 112 Å². The smallest absolute Gasteiger partial charge is 0.132 e. The van der Waals surface area contributed by atoms with Crippen LogP contribution in [0.4, 0.5) is 0 Å². The van der Waals surface area contributed by atoms with E-state index in [1.165, 1.54) is 16.7 Å². The van der Waals surface area contributed by atoms with E-state index in [1.54, 1.807) is 30.9 Å². The molecule has 0 aliphatic carbocycles. The minimum atomic E-state index is 0.417. The fraction of sp³-hybridized carbons (Fsp3) is 0.463. The van der Waals surface area contributed by atoms with Crippen LogP contribution in [0.25, 0.3) is 0 Å². The summed E-state index contributed by atoms with van der Waals surface area (Å²) in [5.74, 6) is 1.79. The SMILES string of the molecule is C=CC=COCc1cc(Cc2cc(COC=CCC)c(OCCCC)c(COC=CCC)c2)cc(CC=CCC)c1OCCCC. The first-order chi connectivity index (χ1) is 22.6. The molecule has 2 aromatic carbocycles.